The molecule has 188 valence electrons. The van der Waals surface area contributed by atoms with Gasteiger partial charge < -0.3 is 4.74 Å². The third kappa shape index (κ3) is 5.60. The van der Waals surface area contributed by atoms with E-state index in [1.54, 1.807) is 23.0 Å². The summed E-state index contributed by atoms with van der Waals surface area (Å²) in [7, 11) is -3.44. The number of hydrogen-bond acceptors (Lipinski definition) is 4. The summed E-state index contributed by atoms with van der Waals surface area (Å²) in [4.78, 5) is 0. The second-order valence-electron chi connectivity index (χ2n) is 9.54. The van der Waals surface area contributed by atoms with E-state index in [0.717, 1.165) is 47.8 Å². The standard InChI is InChI=1S/C28H30FN3O3S/c1-20(31-36(33,34)19-21-7-5-6-8-21)28(22-9-3-2-4-10-22)35-26-15-16-27-23(17-26)18-30-32(27)25-13-11-24(29)12-14-25/h2-4,9-18,20-21,28,31H,5-8,19H2,1H3/t20-,28-/m0/s1. The van der Waals surface area contributed by atoms with Crippen molar-refractivity contribution in [2.45, 2.75) is 44.8 Å². The fourth-order valence-corrected chi connectivity index (χ4v) is 6.74. The van der Waals surface area contributed by atoms with Crippen LogP contribution in [-0.4, -0.2) is 30.0 Å². The second-order valence-corrected chi connectivity index (χ2v) is 11.3. The Kier molecular flexibility index (Phi) is 7.07. The number of ether oxygens (including phenoxy) is 1. The minimum absolute atomic E-state index is 0.160. The topological polar surface area (TPSA) is 73.2 Å². The lowest BCUT2D eigenvalue weighted by molar-refractivity contribution is 0.173. The summed E-state index contributed by atoms with van der Waals surface area (Å²) < 4.78 is 50.2. The van der Waals surface area contributed by atoms with E-state index in [1.165, 1.54) is 12.1 Å². The first-order valence-corrected chi connectivity index (χ1v) is 14.0. The lowest BCUT2D eigenvalue weighted by atomic mass is 10.0. The van der Waals surface area contributed by atoms with Crippen molar-refractivity contribution in [3.05, 3.63) is 90.4 Å². The zero-order chi connectivity index (χ0) is 25.1. The van der Waals surface area contributed by atoms with Crippen LogP contribution in [0.2, 0.25) is 0 Å². The van der Waals surface area contributed by atoms with Gasteiger partial charge in [-0.3, -0.25) is 0 Å². The van der Waals surface area contributed by atoms with Gasteiger partial charge in [-0.2, -0.15) is 5.10 Å². The number of benzene rings is 3. The van der Waals surface area contributed by atoms with Crippen LogP contribution in [0.3, 0.4) is 0 Å². The number of aromatic nitrogens is 2. The van der Waals surface area contributed by atoms with Crippen molar-refractivity contribution in [1.29, 1.82) is 0 Å². The van der Waals surface area contributed by atoms with Crippen molar-refractivity contribution in [1.82, 2.24) is 14.5 Å². The molecule has 0 amide bonds. The molecule has 0 aliphatic heterocycles. The van der Waals surface area contributed by atoms with Gasteiger partial charge in [-0.25, -0.2) is 22.2 Å². The Bertz CT molecular complexity index is 1420. The number of halogens is 1. The van der Waals surface area contributed by atoms with Crippen molar-refractivity contribution < 1.29 is 17.5 Å². The van der Waals surface area contributed by atoms with Gasteiger partial charge in [-0.1, -0.05) is 43.2 Å². The molecule has 1 aliphatic carbocycles. The average Bonchev–Trinajstić information content (AvgIpc) is 3.52. The summed E-state index contributed by atoms with van der Waals surface area (Å²) in [5.74, 6) is 0.696. The van der Waals surface area contributed by atoms with Gasteiger partial charge in [0.05, 0.1) is 29.2 Å². The van der Waals surface area contributed by atoms with E-state index in [2.05, 4.69) is 9.82 Å². The van der Waals surface area contributed by atoms with E-state index in [9.17, 15) is 12.8 Å². The third-order valence-electron chi connectivity index (χ3n) is 6.75. The zero-order valence-electron chi connectivity index (χ0n) is 20.2. The zero-order valence-corrected chi connectivity index (χ0v) is 21.0. The normalized spacial score (nSPS) is 16.3. The Morgan fingerprint density at radius 2 is 1.78 bits per heavy atom. The van der Waals surface area contributed by atoms with Gasteiger partial charge >= 0.3 is 0 Å². The lowest BCUT2D eigenvalue weighted by Gasteiger charge is -2.27. The molecule has 0 radical (unpaired) electrons. The summed E-state index contributed by atoms with van der Waals surface area (Å²) in [6.45, 7) is 1.84. The number of hydrogen-bond donors (Lipinski definition) is 1. The number of nitrogens with zero attached hydrogens (tertiary/aromatic N) is 2. The maximum Gasteiger partial charge on any atom is 0.212 e. The molecule has 1 saturated carbocycles. The molecule has 1 N–H and O–H groups in total. The number of fused-ring (bicyclic) bond motifs is 1. The molecule has 8 heteroatoms. The lowest BCUT2D eigenvalue weighted by Crippen LogP contribution is -2.41. The highest BCUT2D eigenvalue weighted by molar-refractivity contribution is 7.89. The van der Waals surface area contributed by atoms with Crippen LogP contribution in [-0.2, 0) is 10.0 Å². The molecule has 4 aromatic rings. The number of rotatable bonds is 9. The fraction of sp³-hybridized carbons (Fsp3) is 0.321. The van der Waals surface area contributed by atoms with E-state index >= 15 is 0 Å². The maximum atomic E-state index is 13.3. The molecular weight excluding hydrogens is 477 g/mol. The van der Waals surface area contributed by atoms with E-state index in [0.29, 0.717) is 5.75 Å². The molecular formula is C28H30FN3O3S. The summed E-state index contributed by atoms with van der Waals surface area (Å²) >= 11 is 0. The highest BCUT2D eigenvalue weighted by Gasteiger charge is 2.28. The minimum atomic E-state index is -3.44. The molecule has 0 bridgehead atoms. The van der Waals surface area contributed by atoms with Gasteiger partial charge in [-0.15, -0.1) is 0 Å². The molecule has 1 heterocycles. The van der Waals surface area contributed by atoms with Crippen molar-refractivity contribution in [2.75, 3.05) is 5.75 Å². The molecule has 6 nitrogen and oxygen atoms in total. The van der Waals surface area contributed by atoms with Crippen LogP contribution in [0.15, 0.2) is 79.0 Å². The fourth-order valence-electron chi connectivity index (χ4n) is 5.00. The molecule has 36 heavy (non-hydrogen) atoms. The Labute approximate surface area is 211 Å². The van der Waals surface area contributed by atoms with Crippen LogP contribution in [0.25, 0.3) is 16.6 Å². The van der Waals surface area contributed by atoms with Gasteiger partial charge in [0.15, 0.2) is 0 Å². The highest BCUT2D eigenvalue weighted by Crippen LogP contribution is 2.30. The Hall–Kier alpha value is -3.23. The summed E-state index contributed by atoms with van der Waals surface area (Å²) in [5.41, 5.74) is 2.50. The summed E-state index contributed by atoms with van der Waals surface area (Å²) in [5, 5.41) is 5.31. The first-order chi connectivity index (χ1) is 17.4. The molecule has 0 unspecified atom stereocenters. The summed E-state index contributed by atoms with van der Waals surface area (Å²) in [6, 6.07) is 21.0. The van der Waals surface area contributed by atoms with E-state index in [1.807, 2.05) is 55.5 Å². The van der Waals surface area contributed by atoms with E-state index in [4.69, 9.17) is 4.74 Å². The van der Waals surface area contributed by atoms with Crippen LogP contribution in [0.1, 0.15) is 44.3 Å². The molecule has 1 aliphatic rings. The molecule has 0 saturated heterocycles. The van der Waals surface area contributed by atoms with Crippen LogP contribution in [0, 0.1) is 11.7 Å². The van der Waals surface area contributed by atoms with Crippen molar-refractivity contribution >= 4 is 20.9 Å². The van der Waals surface area contributed by atoms with Crippen molar-refractivity contribution in [3.63, 3.8) is 0 Å². The van der Waals surface area contributed by atoms with Crippen LogP contribution in [0.5, 0.6) is 5.75 Å². The monoisotopic (exact) mass is 507 g/mol. The SMILES string of the molecule is C[C@H](NS(=O)(=O)CC1CCCC1)[C@H](Oc1ccc2c(cnn2-c2ccc(F)cc2)c1)c1ccccc1. The Morgan fingerprint density at radius 3 is 2.50 bits per heavy atom. The van der Waals surface area contributed by atoms with Gasteiger partial charge in [-0.05, 0) is 73.7 Å². The molecule has 1 fully saturated rings. The predicted octanol–water partition coefficient (Wildman–Crippen LogP) is 5.78. The van der Waals surface area contributed by atoms with Gasteiger partial charge in [0.25, 0.3) is 0 Å². The van der Waals surface area contributed by atoms with Crippen molar-refractivity contribution in [3.8, 4) is 11.4 Å². The van der Waals surface area contributed by atoms with Crippen LogP contribution >= 0.6 is 0 Å². The average molecular weight is 508 g/mol. The third-order valence-corrected chi connectivity index (χ3v) is 8.39. The number of nitrogens with one attached hydrogen (secondary N) is 1. The largest absolute Gasteiger partial charge is 0.484 e. The van der Waals surface area contributed by atoms with E-state index < -0.39 is 22.2 Å². The summed E-state index contributed by atoms with van der Waals surface area (Å²) in [6.07, 6.45) is 5.36. The first-order valence-electron chi connectivity index (χ1n) is 12.3. The minimum Gasteiger partial charge on any atom is -0.484 e. The molecule has 1 aromatic heterocycles. The predicted molar refractivity (Wildman–Crippen MR) is 139 cm³/mol. The smallest absolute Gasteiger partial charge is 0.212 e. The second kappa shape index (κ2) is 10.4. The molecule has 2 atom stereocenters. The Balaban J connectivity index is 1.38. The highest BCUT2D eigenvalue weighted by atomic mass is 32.2. The van der Waals surface area contributed by atoms with Gasteiger partial charge in [0.2, 0.25) is 10.0 Å². The number of sulfonamides is 1. The Morgan fingerprint density at radius 1 is 1.06 bits per heavy atom. The van der Waals surface area contributed by atoms with E-state index in [-0.39, 0.29) is 17.5 Å². The maximum absolute atomic E-state index is 13.3. The van der Waals surface area contributed by atoms with Gasteiger partial charge in [0, 0.05) is 5.39 Å². The quantitative estimate of drug-likeness (QED) is 0.312. The molecule has 3 aromatic carbocycles. The van der Waals surface area contributed by atoms with Gasteiger partial charge in [0.1, 0.15) is 17.7 Å². The molecule has 0 spiro atoms. The van der Waals surface area contributed by atoms with Crippen LogP contribution < -0.4 is 9.46 Å². The van der Waals surface area contributed by atoms with Crippen molar-refractivity contribution in [2.24, 2.45) is 5.92 Å². The first kappa shape index (κ1) is 24.5. The molecule has 5 rings (SSSR count). The van der Waals surface area contributed by atoms with Crippen LogP contribution in [0.4, 0.5) is 4.39 Å².